The minimum Gasteiger partial charge on any atom is -0.329 e. The number of piperidine rings is 1. The number of likely N-dealkylation sites (tertiary alicyclic amines) is 1. The van der Waals surface area contributed by atoms with Crippen LogP contribution in [0.1, 0.15) is 26.2 Å². The van der Waals surface area contributed by atoms with E-state index in [2.05, 4.69) is 16.5 Å². The van der Waals surface area contributed by atoms with Crippen molar-refractivity contribution in [3.8, 4) is 0 Å². The summed E-state index contributed by atoms with van der Waals surface area (Å²) >= 11 is 0. The predicted octanol–water partition coefficient (Wildman–Crippen LogP) is -0.261. The maximum absolute atomic E-state index is 11.4. The molecule has 6 heteroatoms. The molecule has 0 aromatic heterocycles. The molecule has 1 aliphatic rings. The van der Waals surface area contributed by atoms with E-state index >= 15 is 0 Å². The number of nitrogens with zero attached hydrogens (tertiary/aromatic N) is 1. The van der Waals surface area contributed by atoms with Gasteiger partial charge in [0.15, 0.2) is 0 Å². The molecule has 5 nitrogen and oxygen atoms in total. The van der Waals surface area contributed by atoms with Crippen LogP contribution in [0.4, 0.5) is 0 Å². The van der Waals surface area contributed by atoms with Gasteiger partial charge in [0.05, 0.1) is 5.75 Å². The Labute approximate surface area is 98.4 Å². The highest BCUT2D eigenvalue weighted by Gasteiger charge is 2.18. The fourth-order valence-electron chi connectivity index (χ4n) is 1.96. The van der Waals surface area contributed by atoms with Gasteiger partial charge in [-0.1, -0.05) is 6.42 Å². The fraction of sp³-hybridized carbons (Fsp3) is 1.00. The van der Waals surface area contributed by atoms with Crippen LogP contribution in [-0.2, 0) is 10.0 Å². The zero-order valence-corrected chi connectivity index (χ0v) is 10.8. The number of nitrogens with two attached hydrogens (primary N) is 1. The predicted molar refractivity (Wildman–Crippen MR) is 65.7 cm³/mol. The maximum Gasteiger partial charge on any atom is 0.212 e. The van der Waals surface area contributed by atoms with Crippen LogP contribution in [0, 0.1) is 0 Å². The molecule has 1 aliphatic heterocycles. The number of nitrogens with one attached hydrogen (secondary N) is 1. The van der Waals surface area contributed by atoms with Gasteiger partial charge in [-0.2, -0.15) is 0 Å². The molecule has 1 unspecified atom stereocenters. The molecular weight excluding hydrogens is 226 g/mol. The van der Waals surface area contributed by atoms with Gasteiger partial charge in [-0.25, -0.2) is 13.1 Å². The normalized spacial score (nSPS) is 20.9. The summed E-state index contributed by atoms with van der Waals surface area (Å²) in [6.07, 6.45) is 3.74. The van der Waals surface area contributed by atoms with E-state index in [1.54, 1.807) is 0 Å². The first kappa shape index (κ1) is 13.9. The van der Waals surface area contributed by atoms with E-state index in [0.717, 1.165) is 13.1 Å². The lowest BCUT2D eigenvalue weighted by Crippen LogP contribution is -2.45. The standard InChI is InChI=1S/C10H23N3O2S/c1-10(13-6-3-2-4-7-13)9-12-16(14,15)8-5-11/h10,12H,2-9,11H2,1H3. The van der Waals surface area contributed by atoms with Crippen LogP contribution in [-0.4, -0.2) is 51.3 Å². The van der Waals surface area contributed by atoms with Crippen molar-refractivity contribution in [2.75, 3.05) is 31.9 Å². The minimum absolute atomic E-state index is 0.0136. The molecule has 3 N–H and O–H groups in total. The lowest BCUT2D eigenvalue weighted by Gasteiger charge is -2.32. The van der Waals surface area contributed by atoms with E-state index < -0.39 is 10.0 Å². The third-order valence-electron chi connectivity index (χ3n) is 3.00. The van der Waals surface area contributed by atoms with Crippen molar-refractivity contribution in [2.24, 2.45) is 5.73 Å². The summed E-state index contributed by atoms with van der Waals surface area (Å²) in [7, 11) is -3.17. The molecular formula is C10H23N3O2S. The van der Waals surface area contributed by atoms with Crippen molar-refractivity contribution in [3.05, 3.63) is 0 Å². The molecule has 0 saturated carbocycles. The Hall–Kier alpha value is -0.170. The van der Waals surface area contributed by atoms with Crippen LogP contribution in [0.25, 0.3) is 0 Å². The summed E-state index contributed by atoms with van der Waals surface area (Å²) in [6.45, 7) is 4.89. The van der Waals surface area contributed by atoms with Gasteiger partial charge in [-0.05, 0) is 32.9 Å². The van der Waals surface area contributed by atoms with E-state index in [1.807, 2.05) is 0 Å². The Morgan fingerprint density at radius 2 is 1.94 bits per heavy atom. The van der Waals surface area contributed by atoms with Gasteiger partial charge < -0.3 is 5.73 Å². The van der Waals surface area contributed by atoms with Gasteiger partial charge in [0.25, 0.3) is 0 Å². The average molecular weight is 249 g/mol. The van der Waals surface area contributed by atoms with E-state index in [4.69, 9.17) is 5.73 Å². The van der Waals surface area contributed by atoms with Gasteiger partial charge in [0.2, 0.25) is 10.0 Å². The molecule has 0 aromatic rings. The fourth-order valence-corrected chi connectivity index (χ4v) is 2.91. The Bertz CT molecular complexity index is 286. The Balaban J connectivity index is 2.31. The lowest BCUT2D eigenvalue weighted by molar-refractivity contribution is 0.175. The van der Waals surface area contributed by atoms with Crippen LogP contribution >= 0.6 is 0 Å². The second kappa shape index (κ2) is 6.54. The van der Waals surface area contributed by atoms with Gasteiger partial charge >= 0.3 is 0 Å². The molecule has 0 bridgehead atoms. The second-order valence-electron chi connectivity index (χ2n) is 4.40. The molecule has 0 spiro atoms. The summed E-state index contributed by atoms with van der Waals surface area (Å²) in [5.41, 5.74) is 5.23. The van der Waals surface area contributed by atoms with Crippen molar-refractivity contribution in [3.63, 3.8) is 0 Å². The van der Waals surface area contributed by atoms with E-state index in [-0.39, 0.29) is 18.3 Å². The number of hydrogen-bond acceptors (Lipinski definition) is 4. The average Bonchev–Trinajstić information content (AvgIpc) is 2.27. The highest BCUT2D eigenvalue weighted by atomic mass is 32.2. The molecule has 1 rings (SSSR count). The third kappa shape index (κ3) is 4.78. The first-order valence-electron chi connectivity index (χ1n) is 5.96. The van der Waals surface area contributed by atoms with E-state index in [1.165, 1.54) is 19.3 Å². The Morgan fingerprint density at radius 1 is 1.31 bits per heavy atom. The van der Waals surface area contributed by atoms with Crippen molar-refractivity contribution in [1.82, 2.24) is 9.62 Å². The zero-order valence-electron chi connectivity index (χ0n) is 9.98. The molecule has 96 valence electrons. The highest BCUT2D eigenvalue weighted by Crippen LogP contribution is 2.11. The van der Waals surface area contributed by atoms with Crippen molar-refractivity contribution < 1.29 is 8.42 Å². The van der Waals surface area contributed by atoms with E-state index in [0.29, 0.717) is 6.54 Å². The largest absolute Gasteiger partial charge is 0.329 e. The quantitative estimate of drug-likeness (QED) is 0.680. The zero-order chi connectivity index (χ0) is 12.0. The van der Waals surface area contributed by atoms with Gasteiger partial charge in [-0.3, -0.25) is 4.90 Å². The molecule has 1 fully saturated rings. The summed E-state index contributed by atoms with van der Waals surface area (Å²) in [6, 6.07) is 0.271. The summed E-state index contributed by atoms with van der Waals surface area (Å²) < 4.78 is 25.4. The van der Waals surface area contributed by atoms with Crippen LogP contribution < -0.4 is 10.5 Å². The Morgan fingerprint density at radius 3 is 2.50 bits per heavy atom. The van der Waals surface area contributed by atoms with Crippen molar-refractivity contribution in [1.29, 1.82) is 0 Å². The maximum atomic E-state index is 11.4. The summed E-state index contributed by atoms with van der Waals surface area (Å²) in [4.78, 5) is 2.34. The summed E-state index contributed by atoms with van der Waals surface area (Å²) in [5.74, 6) is 0.0136. The van der Waals surface area contributed by atoms with Crippen LogP contribution in [0.5, 0.6) is 0 Å². The number of hydrogen-bond donors (Lipinski definition) is 2. The van der Waals surface area contributed by atoms with Crippen LogP contribution in [0.3, 0.4) is 0 Å². The first-order chi connectivity index (χ1) is 7.55. The Kier molecular flexibility index (Phi) is 5.68. The van der Waals surface area contributed by atoms with Gasteiger partial charge in [0, 0.05) is 19.1 Å². The molecule has 1 atom stereocenters. The molecule has 0 radical (unpaired) electrons. The molecule has 0 amide bonds. The van der Waals surface area contributed by atoms with Crippen LogP contribution in [0.15, 0.2) is 0 Å². The highest BCUT2D eigenvalue weighted by molar-refractivity contribution is 7.89. The molecule has 0 aromatic carbocycles. The lowest BCUT2D eigenvalue weighted by atomic mass is 10.1. The number of sulfonamides is 1. The topological polar surface area (TPSA) is 75.4 Å². The molecule has 0 aliphatic carbocycles. The minimum atomic E-state index is -3.17. The molecule has 1 heterocycles. The monoisotopic (exact) mass is 249 g/mol. The first-order valence-corrected chi connectivity index (χ1v) is 7.62. The summed E-state index contributed by atoms with van der Waals surface area (Å²) in [5, 5.41) is 0. The second-order valence-corrected chi connectivity index (χ2v) is 6.33. The third-order valence-corrected chi connectivity index (χ3v) is 4.38. The van der Waals surface area contributed by atoms with Gasteiger partial charge in [0.1, 0.15) is 0 Å². The van der Waals surface area contributed by atoms with E-state index in [9.17, 15) is 8.42 Å². The SMILES string of the molecule is CC(CNS(=O)(=O)CCN)N1CCCCC1. The van der Waals surface area contributed by atoms with Gasteiger partial charge in [-0.15, -0.1) is 0 Å². The number of rotatable bonds is 6. The molecule has 1 saturated heterocycles. The van der Waals surface area contributed by atoms with Crippen molar-refractivity contribution in [2.45, 2.75) is 32.2 Å². The van der Waals surface area contributed by atoms with Crippen LogP contribution in [0.2, 0.25) is 0 Å². The van der Waals surface area contributed by atoms with Crippen molar-refractivity contribution >= 4 is 10.0 Å². The molecule has 16 heavy (non-hydrogen) atoms. The smallest absolute Gasteiger partial charge is 0.212 e.